The number of allylic oxidation sites excluding steroid dienone is 4. The van der Waals surface area contributed by atoms with Crippen LogP contribution in [0.5, 0.6) is 0 Å². The maximum absolute atomic E-state index is 6.73. The summed E-state index contributed by atoms with van der Waals surface area (Å²) in [6.07, 6.45) is 7.96. The summed E-state index contributed by atoms with van der Waals surface area (Å²) < 4.78 is 6.73. The van der Waals surface area contributed by atoms with Gasteiger partial charge in [-0.1, -0.05) is 176 Å². The van der Waals surface area contributed by atoms with Crippen LogP contribution in [0.15, 0.2) is 241 Å². The molecule has 1 unspecified atom stereocenters. The van der Waals surface area contributed by atoms with Crippen molar-refractivity contribution in [2.45, 2.75) is 17.8 Å². The molecule has 0 fully saturated rings. The van der Waals surface area contributed by atoms with Crippen LogP contribution < -0.4 is 4.90 Å². The van der Waals surface area contributed by atoms with Crippen molar-refractivity contribution in [2.75, 3.05) is 4.90 Å². The van der Waals surface area contributed by atoms with Crippen LogP contribution in [0.1, 0.15) is 34.6 Å². The largest absolute Gasteiger partial charge is 0.455 e. The van der Waals surface area contributed by atoms with Gasteiger partial charge in [0.2, 0.25) is 0 Å². The molecule has 288 valence electrons. The third kappa shape index (κ3) is 5.56. The number of fused-ring (bicyclic) bond motifs is 8. The first kappa shape index (κ1) is 35.3. The van der Waals surface area contributed by atoms with Crippen molar-refractivity contribution >= 4 is 49.8 Å². The smallest absolute Gasteiger partial charge is 0.143 e. The summed E-state index contributed by atoms with van der Waals surface area (Å²) >= 11 is 0. The van der Waals surface area contributed by atoms with Gasteiger partial charge in [-0.15, -0.1) is 0 Å². The molecule has 0 saturated heterocycles. The summed E-state index contributed by atoms with van der Waals surface area (Å²) in [6.45, 7) is 0. The Morgan fingerprint density at radius 1 is 0.459 bits per heavy atom. The van der Waals surface area contributed by atoms with Gasteiger partial charge in [0.1, 0.15) is 11.2 Å². The standard InChI is InChI=1S/C59H41NO/c1-5-17-41(18-6-1)53-39-54-51-35-31-42(37-57(51)61-58(54)52-27-14-13-25-48(52)53)40-29-32-46(33-30-40)60(45-23-11-4-12-24-45)47-34-36-50-49-26-15-16-28-55(49)59(56(50)38-47,43-19-7-2-8-20-43)44-21-9-3-10-22-44/h1-25,27-39,49H,26H2. The third-order valence-corrected chi connectivity index (χ3v) is 13.1. The van der Waals surface area contributed by atoms with Crippen molar-refractivity contribution in [3.05, 3.63) is 258 Å². The van der Waals surface area contributed by atoms with E-state index in [2.05, 4.69) is 235 Å². The number of para-hydroxylation sites is 1. The summed E-state index contributed by atoms with van der Waals surface area (Å²) in [4.78, 5) is 2.40. The molecule has 0 amide bonds. The summed E-state index contributed by atoms with van der Waals surface area (Å²) in [5.74, 6) is 0.313. The number of hydrogen-bond donors (Lipinski definition) is 0. The van der Waals surface area contributed by atoms with Gasteiger partial charge in [-0.2, -0.15) is 0 Å². The molecule has 9 aromatic carbocycles. The van der Waals surface area contributed by atoms with Gasteiger partial charge in [0.05, 0.1) is 5.41 Å². The van der Waals surface area contributed by atoms with Crippen molar-refractivity contribution in [3.63, 3.8) is 0 Å². The predicted molar refractivity (Wildman–Crippen MR) is 254 cm³/mol. The van der Waals surface area contributed by atoms with Crippen LogP contribution >= 0.6 is 0 Å². The van der Waals surface area contributed by atoms with Crippen molar-refractivity contribution in [1.82, 2.24) is 0 Å². The minimum atomic E-state index is -0.416. The quantitative estimate of drug-likeness (QED) is 0.160. The fourth-order valence-corrected chi connectivity index (χ4v) is 10.4. The van der Waals surface area contributed by atoms with Crippen molar-refractivity contribution in [3.8, 4) is 22.3 Å². The molecule has 0 radical (unpaired) electrons. The Bertz CT molecular complexity index is 3270. The lowest BCUT2D eigenvalue weighted by Gasteiger charge is -2.36. The molecule has 0 bridgehead atoms. The van der Waals surface area contributed by atoms with Crippen molar-refractivity contribution < 1.29 is 4.42 Å². The van der Waals surface area contributed by atoms with E-state index in [1.807, 2.05) is 0 Å². The molecular weight excluding hydrogens is 739 g/mol. The predicted octanol–water partition coefficient (Wildman–Crippen LogP) is 15.9. The SMILES string of the molecule is C1=CCC2C(=C1)C(c1ccccc1)(c1ccccc1)c1cc(N(c3ccccc3)c3ccc(-c4ccc5c(c4)oc4c6ccccc6c(-c6ccccc6)cc54)cc3)ccc12. The zero-order valence-electron chi connectivity index (χ0n) is 33.6. The summed E-state index contributed by atoms with van der Waals surface area (Å²) in [5.41, 5.74) is 16.2. The van der Waals surface area contributed by atoms with Crippen LogP contribution in [-0.2, 0) is 5.41 Å². The number of benzene rings is 9. The van der Waals surface area contributed by atoms with Gasteiger partial charge in [-0.3, -0.25) is 0 Å². The second kappa shape index (κ2) is 14.3. The molecule has 10 aromatic rings. The first-order chi connectivity index (χ1) is 30.3. The van der Waals surface area contributed by atoms with E-state index in [9.17, 15) is 0 Å². The van der Waals surface area contributed by atoms with Crippen LogP contribution in [0.3, 0.4) is 0 Å². The second-order valence-corrected chi connectivity index (χ2v) is 16.3. The summed E-state index contributed by atoms with van der Waals surface area (Å²) in [6, 6.07) is 77.4. The van der Waals surface area contributed by atoms with Gasteiger partial charge in [0.15, 0.2) is 0 Å². The molecular formula is C59H41NO. The lowest BCUT2D eigenvalue weighted by Crippen LogP contribution is -2.29. The molecule has 12 rings (SSSR count). The first-order valence-electron chi connectivity index (χ1n) is 21.3. The van der Waals surface area contributed by atoms with Gasteiger partial charge in [-0.05, 0) is 116 Å². The molecule has 0 aliphatic heterocycles. The van der Waals surface area contributed by atoms with E-state index in [0.717, 1.165) is 61.9 Å². The van der Waals surface area contributed by atoms with Gasteiger partial charge >= 0.3 is 0 Å². The second-order valence-electron chi connectivity index (χ2n) is 16.3. The average molecular weight is 780 g/mol. The lowest BCUT2D eigenvalue weighted by atomic mass is 9.66. The lowest BCUT2D eigenvalue weighted by molar-refractivity contribution is 0.673. The van der Waals surface area contributed by atoms with E-state index < -0.39 is 5.41 Å². The maximum Gasteiger partial charge on any atom is 0.143 e. The zero-order chi connectivity index (χ0) is 40.3. The highest BCUT2D eigenvalue weighted by Gasteiger charge is 2.50. The number of hydrogen-bond acceptors (Lipinski definition) is 2. The Labute approximate surface area is 356 Å². The van der Waals surface area contributed by atoms with Gasteiger partial charge in [0.25, 0.3) is 0 Å². The van der Waals surface area contributed by atoms with Crippen LogP contribution in [0.2, 0.25) is 0 Å². The normalized spacial score (nSPS) is 15.1. The highest BCUT2D eigenvalue weighted by atomic mass is 16.3. The molecule has 0 saturated carbocycles. The fourth-order valence-electron chi connectivity index (χ4n) is 10.4. The molecule has 0 N–H and O–H groups in total. The molecule has 1 aromatic heterocycles. The first-order valence-corrected chi connectivity index (χ1v) is 21.3. The van der Waals surface area contributed by atoms with E-state index in [0.29, 0.717) is 5.92 Å². The minimum absolute atomic E-state index is 0.313. The average Bonchev–Trinajstić information content (AvgIpc) is 3.86. The van der Waals surface area contributed by atoms with E-state index >= 15 is 0 Å². The molecule has 2 heteroatoms. The molecule has 2 aliphatic carbocycles. The Morgan fingerprint density at radius 2 is 1.07 bits per heavy atom. The Kier molecular flexibility index (Phi) is 8.24. The van der Waals surface area contributed by atoms with Crippen LogP contribution in [-0.4, -0.2) is 0 Å². The number of rotatable bonds is 7. The molecule has 2 nitrogen and oxygen atoms in total. The van der Waals surface area contributed by atoms with Crippen molar-refractivity contribution in [1.29, 1.82) is 0 Å². The number of furan rings is 1. The van der Waals surface area contributed by atoms with E-state index in [1.165, 1.54) is 44.3 Å². The summed E-state index contributed by atoms with van der Waals surface area (Å²) in [7, 11) is 0. The zero-order valence-corrected chi connectivity index (χ0v) is 33.6. The Morgan fingerprint density at radius 3 is 1.79 bits per heavy atom. The number of anilines is 3. The Hall–Kier alpha value is -7.68. The number of nitrogens with zero attached hydrogens (tertiary/aromatic N) is 1. The van der Waals surface area contributed by atoms with E-state index in [1.54, 1.807) is 0 Å². The molecule has 2 aliphatic rings. The molecule has 0 spiro atoms. The monoisotopic (exact) mass is 779 g/mol. The van der Waals surface area contributed by atoms with Crippen LogP contribution in [0.25, 0.3) is 55.0 Å². The summed E-state index contributed by atoms with van der Waals surface area (Å²) in [5, 5.41) is 4.59. The molecule has 1 atom stereocenters. The highest BCUT2D eigenvalue weighted by Crippen LogP contribution is 2.60. The molecule has 1 heterocycles. The highest BCUT2D eigenvalue weighted by molar-refractivity contribution is 6.19. The minimum Gasteiger partial charge on any atom is -0.455 e. The van der Waals surface area contributed by atoms with E-state index in [4.69, 9.17) is 4.42 Å². The van der Waals surface area contributed by atoms with Crippen molar-refractivity contribution in [2.24, 2.45) is 0 Å². The van der Waals surface area contributed by atoms with Gasteiger partial charge in [0, 0.05) is 39.1 Å². The topological polar surface area (TPSA) is 16.4 Å². The van der Waals surface area contributed by atoms with Crippen LogP contribution in [0, 0.1) is 0 Å². The Balaban J connectivity index is 0.973. The maximum atomic E-state index is 6.73. The van der Waals surface area contributed by atoms with Crippen LogP contribution in [0.4, 0.5) is 17.1 Å². The molecule has 61 heavy (non-hydrogen) atoms. The fraction of sp³-hybridized carbons (Fsp3) is 0.0508. The van der Waals surface area contributed by atoms with Gasteiger partial charge in [-0.25, -0.2) is 0 Å². The third-order valence-electron chi connectivity index (χ3n) is 13.1. The van der Waals surface area contributed by atoms with E-state index in [-0.39, 0.29) is 0 Å². The van der Waals surface area contributed by atoms with Gasteiger partial charge < -0.3 is 9.32 Å².